The van der Waals surface area contributed by atoms with Crippen molar-refractivity contribution < 1.29 is 5.11 Å². The number of fused-ring (bicyclic) bond motifs is 1. The minimum atomic E-state index is 0. The summed E-state index contributed by atoms with van der Waals surface area (Å²) in [5, 5.41) is 12.9. The second kappa shape index (κ2) is 4.11. The molecule has 13 heavy (non-hydrogen) atoms. The van der Waals surface area contributed by atoms with Crippen molar-refractivity contribution in [2.45, 2.75) is 19.9 Å². The molecule has 0 atom stereocenters. The molecule has 0 amide bonds. The zero-order valence-corrected chi connectivity index (χ0v) is 9.34. The predicted molar refractivity (Wildman–Crippen MR) is 58.6 cm³/mol. The summed E-state index contributed by atoms with van der Waals surface area (Å²) >= 11 is 0. The molecule has 0 fully saturated rings. The van der Waals surface area contributed by atoms with E-state index in [9.17, 15) is 5.11 Å². The Balaban J connectivity index is 0.000000845. The zero-order chi connectivity index (χ0) is 8.55. The van der Waals surface area contributed by atoms with Crippen LogP contribution < -0.4 is 5.32 Å². The molecule has 3 heteroatoms. The van der Waals surface area contributed by atoms with Gasteiger partial charge >= 0.3 is 0 Å². The maximum absolute atomic E-state index is 9.55. The molecule has 0 spiro atoms. The molecule has 0 bridgehead atoms. The average molecular weight is 244 g/mol. The third kappa shape index (κ3) is 1.86. The number of phenols is 1. The van der Waals surface area contributed by atoms with Gasteiger partial charge in [-0.1, -0.05) is 6.07 Å². The van der Waals surface area contributed by atoms with Gasteiger partial charge in [-0.05, 0) is 42.6 Å². The predicted octanol–water partition coefficient (Wildman–Crippen LogP) is 1.92. The largest absolute Gasteiger partial charge is 0.508 e. The Kier molecular flexibility index (Phi) is 3.33. The van der Waals surface area contributed by atoms with Crippen molar-refractivity contribution >= 4 is 17.0 Å². The van der Waals surface area contributed by atoms with Gasteiger partial charge in [0.15, 0.2) is 0 Å². The number of hydrogen-bond donors (Lipinski definition) is 2. The van der Waals surface area contributed by atoms with Gasteiger partial charge in [-0.3, -0.25) is 0 Å². The van der Waals surface area contributed by atoms with Gasteiger partial charge in [0.25, 0.3) is 0 Å². The summed E-state index contributed by atoms with van der Waals surface area (Å²) in [6.07, 6.45) is 0.947. The van der Waals surface area contributed by atoms with E-state index in [1.54, 1.807) is 6.07 Å². The van der Waals surface area contributed by atoms with E-state index in [1.807, 2.05) is 6.07 Å². The normalized spacial score (nSPS) is 14.5. The molecule has 0 saturated carbocycles. The maximum Gasteiger partial charge on any atom is 0.119 e. The van der Waals surface area contributed by atoms with Gasteiger partial charge in [-0.25, -0.2) is 0 Å². The molecule has 2 rings (SSSR count). The van der Waals surface area contributed by atoms with E-state index in [2.05, 4.69) is 12.2 Å². The van der Waals surface area contributed by atoms with E-state index in [1.165, 1.54) is 11.1 Å². The molecule has 1 aliphatic rings. The van der Waals surface area contributed by atoms with Crippen molar-refractivity contribution in [1.82, 2.24) is 5.32 Å². The topological polar surface area (TPSA) is 32.3 Å². The van der Waals surface area contributed by atoms with Crippen LogP contribution in [0.25, 0.3) is 0 Å². The lowest BCUT2D eigenvalue weighted by Crippen LogP contribution is -2.24. The monoisotopic (exact) mass is 243 g/mol. The molecule has 2 nitrogen and oxygen atoms in total. The SMILES string of the molecule is Br.Cc1ccc(O)c2c1CNCC2. The van der Waals surface area contributed by atoms with Crippen molar-refractivity contribution in [1.29, 1.82) is 0 Å². The van der Waals surface area contributed by atoms with Gasteiger partial charge in [0, 0.05) is 6.54 Å². The van der Waals surface area contributed by atoms with Crippen LogP contribution in [0.5, 0.6) is 5.75 Å². The third-order valence-corrected chi connectivity index (χ3v) is 2.49. The molecular formula is C10H14BrNO. The first kappa shape index (κ1) is 10.5. The number of aryl methyl sites for hydroxylation is 1. The fourth-order valence-corrected chi connectivity index (χ4v) is 1.75. The standard InChI is InChI=1S/C10H13NO.BrH/c1-7-2-3-10(12)8-4-5-11-6-9(7)8;/h2-3,11-12H,4-6H2,1H3;1H. The van der Waals surface area contributed by atoms with Gasteiger partial charge in [0.2, 0.25) is 0 Å². The first-order valence-corrected chi connectivity index (χ1v) is 4.30. The van der Waals surface area contributed by atoms with Gasteiger partial charge in [0.05, 0.1) is 0 Å². The quantitative estimate of drug-likeness (QED) is 0.730. The fraction of sp³-hybridized carbons (Fsp3) is 0.400. The van der Waals surface area contributed by atoms with E-state index in [0.717, 1.165) is 25.1 Å². The molecular weight excluding hydrogens is 230 g/mol. The van der Waals surface area contributed by atoms with Gasteiger partial charge in [0.1, 0.15) is 5.75 Å². The van der Waals surface area contributed by atoms with Crippen LogP contribution in [0.15, 0.2) is 12.1 Å². The number of benzene rings is 1. The smallest absolute Gasteiger partial charge is 0.119 e. The molecule has 0 aliphatic carbocycles. The lowest BCUT2D eigenvalue weighted by atomic mass is 9.96. The Bertz CT molecular complexity index is 281. The van der Waals surface area contributed by atoms with Crippen LogP contribution in [0, 0.1) is 6.92 Å². The van der Waals surface area contributed by atoms with E-state index in [-0.39, 0.29) is 17.0 Å². The Labute approximate surface area is 88.7 Å². The first-order valence-electron chi connectivity index (χ1n) is 4.30. The second-order valence-electron chi connectivity index (χ2n) is 3.29. The molecule has 1 aromatic carbocycles. The highest BCUT2D eigenvalue weighted by atomic mass is 79.9. The summed E-state index contributed by atoms with van der Waals surface area (Å²) < 4.78 is 0. The summed E-state index contributed by atoms with van der Waals surface area (Å²) in [6, 6.07) is 3.76. The van der Waals surface area contributed by atoms with Crippen molar-refractivity contribution in [2.75, 3.05) is 6.54 Å². The van der Waals surface area contributed by atoms with Gasteiger partial charge in [-0.2, -0.15) is 0 Å². The minimum Gasteiger partial charge on any atom is -0.508 e. The van der Waals surface area contributed by atoms with E-state index >= 15 is 0 Å². The number of halogens is 1. The fourth-order valence-electron chi connectivity index (χ4n) is 1.75. The van der Waals surface area contributed by atoms with Crippen molar-refractivity contribution in [3.8, 4) is 5.75 Å². The Morgan fingerprint density at radius 2 is 2.08 bits per heavy atom. The molecule has 0 radical (unpaired) electrons. The van der Waals surface area contributed by atoms with E-state index in [4.69, 9.17) is 0 Å². The number of hydrogen-bond acceptors (Lipinski definition) is 2. The molecule has 0 saturated heterocycles. The lowest BCUT2D eigenvalue weighted by molar-refractivity contribution is 0.460. The highest BCUT2D eigenvalue weighted by molar-refractivity contribution is 8.93. The Hall–Kier alpha value is -0.540. The van der Waals surface area contributed by atoms with Crippen LogP contribution in [0.3, 0.4) is 0 Å². The molecule has 72 valence electrons. The summed E-state index contributed by atoms with van der Waals surface area (Å²) in [4.78, 5) is 0. The van der Waals surface area contributed by atoms with Crippen LogP contribution in [0.1, 0.15) is 16.7 Å². The molecule has 0 aromatic heterocycles. The number of rotatable bonds is 0. The number of phenolic OH excluding ortho intramolecular Hbond substituents is 1. The number of nitrogens with one attached hydrogen (secondary N) is 1. The minimum absolute atomic E-state index is 0. The lowest BCUT2D eigenvalue weighted by Gasteiger charge is -2.19. The molecule has 1 aromatic rings. The van der Waals surface area contributed by atoms with Gasteiger partial charge < -0.3 is 10.4 Å². The Morgan fingerprint density at radius 1 is 1.31 bits per heavy atom. The van der Waals surface area contributed by atoms with Crippen molar-refractivity contribution in [2.24, 2.45) is 0 Å². The van der Waals surface area contributed by atoms with E-state index < -0.39 is 0 Å². The zero-order valence-electron chi connectivity index (χ0n) is 7.63. The van der Waals surface area contributed by atoms with Crippen LogP contribution in [0.2, 0.25) is 0 Å². The summed E-state index contributed by atoms with van der Waals surface area (Å²) in [5.41, 5.74) is 3.69. The number of aromatic hydroxyl groups is 1. The van der Waals surface area contributed by atoms with Crippen LogP contribution in [-0.4, -0.2) is 11.7 Å². The molecule has 1 aliphatic heterocycles. The highest BCUT2D eigenvalue weighted by Gasteiger charge is 2.13. The van der Waals surface area contributed by atoms with Crippen molar-refractivity contribution in [3.63, 3.8) is 0 Å². The highest BCUT2D eigenvalue weighted by Crippen LogP contribution is 2.26. The van der Waals surface area contributed by atoms with Crippen LogP contribution >= 0.6 is 17.0 Å². The Morgan fingerprint density at radius 3 is 2.77 bits per heavy atom. The van der Waals surface area contributed by atoms with Crippen molar-refractivity contribution in [3.05, 3.63) is 28.8 Å². The summed E-state index contributed by atoms with van der Waals surface area (Å²) in [7, 11) is 0. The second-order valence-corrected chi connectivity index (χ2v) is 3.29. The summed E-state index contributed by atoms with van der Waals surface area (Å²) in [6.45, 7) is 3.96. The average Bonchev–Trinajstić information content (AvgIpc) is 2.12. The van der Waals surface area contributed by atoms with Crippen LogP contribution in [0.4, 0.5) is 0 Å². The molecule has 1 heterocycles. The third-order valence-electron chi connectivity index (χ3n) is 2.49. The van der Waals surface area contributed by atoms with Crippen LogP contribution in [-0.2, 0) is 13.0 Å². The van der Waals surface area contributed by atoms with Gasteiger partial charge in [-0.15, -0.1) is 17.0 Å². The summed E-state index contributed by atoms with van der Waals surface area (Å²) in [5.74, 6) is 0.456. The maximum atomic E-state index is 9.55. The molecule has 2 N–H and O–H groups in total. The first-order chi connectivity index (χ1) is 5.79. The van der Waals surface area contributed by atoms with E-state index in [0.29, 0.717) is 5.75 Å². The molecule has 0 unspecified atom stereocenters.